The summed E-state index contributed by atoms with van der Waals surface area (Å²) in [5.41, 5.74) is 0.873. The first-order chi connectivity index (χ1) is 11.8. The Hall–Kier alpha value is -1.48. The molecule has 138 valence electrons. The third kappa shape index (κ3) is 4.38. The molecule has 0 N–H and O–H groups in total. The van der Waals surface area contributed by atoms with Gasteiger partial charge >= 0.3 is 6.18 Å². The summed E-state index contributed by atoms with van der Waals surface area (Å²) in [7, 11) is -0.971. The maximum Gasteiger partial charge on any atom is 0.393 e. The number of likely N-dealkylation sites (tertiary alicyclic amines) is 1. The molecule has 0 saturated carbocycles. The highest BCUT2D eigenvalue weighted by molar-refractivity contribution is 7.85. The van der Waals surface area contributed by atoms with Gasteiger partial charge in [0, 0.05) is 67.4 Å². The molecular formula is C16H20F3N3O2S. The van der Waals surface area contributed by atoms with Gasteiger partial charge in [0.15, 0.2) is 0 Å². The third-order valence-corrected chi connectivity index (χ3v) is 6.05. The summed E-state index contributed by atoms with van der Waals surface area (Å²) >= 11 is 0. The first-order valence-electron chi connectivity index (χ1n) is 8.16. The molecule has 0 aromatic carbocycles. The topological polar surface area (TPSA) is 53.5 Å². The SMILES string of the molecule is O=C([C@@H]1CN(Cc2ccncc2)C[C@H]1C(F)(F)F)N1CCS(=O)CC1. The zero-order valence-corrected chi connectivity index (χ0v) is 14.4. The van der Waals surface area contributed by atoms with Crippen molar-refractivity contribution in [2.45, 2.75) is 12.7 Å². The number of carbonyl (C=O) groups excluding carboxylic acids is 1. The summed E-state index contributed by atoms with van der Waals surface area (Å²) in [4.78, 5) is 19.7. The van der Waals surface area contributed by atoms with Crippen molar-refractivity contribution in [2.75, 3.05) is 37.7 Å². The van der Waals surface area contributed by atoms with Crippen molar-refractivity contribution >= 4 is 16.7 Å². The minimum absolute atomic E-state index is 0.0882. The van der Waals surface area contributed by atoms with Crippen molar-refractivity contribution in [1.82, 2.24) is 14.8 Å². The van der Waals surface area contributed by atoms with E-state index < -0.39 is 34.7 Å². The van der Waals surface area contributed by atoms with Gasteiger partial charge in [0.1, 0.15) is 0 Å². The number of carbonyl (C=O) groups is 1. The minimum atomic E-state index is -4.41. The molecular weight excluding hydrogens is 355 g/mol. The Morgan fingerprint density at radius 3 is 2.44 bits per heavy atom. The maximum atomic E-state index is 13.5. The fraction of sp³-hybridized carbons (Fsp3) is 0.625. The van der Waals surface area contributed by atoms with E-state index >= 15 is 0 Å². The number of nitrogens with zero attached hydrogens (tertiary/aromatic N) is 3. The molecule has 2 fully saturated rings. The lowest BCUT2D eigenvalue weighted by atomic mass is 9.94. The summed E-state index contributed by atoms with van der Waals surface area (Å²) in [6, 6.07) is 3.52. The standard InChI is InChI=1S/C16H20F3N3O2S/c17-16(18,19)14-11-21(9-12-1-3-20-4-2-12)10-13(14)15(23)22-5-7-25(24)8-6-22/h1-4,13-14H,5-11H2/t13-,14-/m1/s1. The fourth-order valence-electron chi connectivity index (χ4n) is 3.44. The zero-order valence-electron chi connectivity index (χ0n) is 13.6. The van der Waals surface area contributed by atoms with E-state index in [1.54, 1.807) is 29.4 Å². The average molecular weight is 375 g/mol. The second-order valence-corrected chi connectivity index (χ2v) is 8.17. The Morgan fingerprint density at radius 1 is 1.20 bits per heavy atom. The zero-order chi connectivity index (χ0) is 18.0. The van der Waals surface area contributed by atoms with E-state index in [4.69, 9.17) is 0 Å². The number of amides is 1. The maximum absolute atomic E-state index is 13.5. The first kappa shape index (κ1) is 18.3. The minimum Gasteiger partial charge on any atom is -0.341 e. The van der Waals surface area contributed by atoms with E-state index in [0.717, 1.165) is 5.56 Å². The van der Waals surface area contributed by atoms with Crippen LogP contribution in [0.4, 0.5) is 13.2 Å². The van der Waals surface area contributed by atoms with Crippen LogP contribution in [-0.2, 0) is 22.1 Å². The molecule has 9 heteroatoms. The van der Waals surface area contributed by atoms with Gasteiger partial charge in [0.05, 0.1) is 11.8 Å². The van der Waals surface area contributed by atoms with Gasteiger partial charge in [-0.2, -0.15) is 13.2 Å². The van der Waals surface area contributed by atoms with Crippen LogP contribution < -0.4 is 0 Å². The molecule has 25 heavy (non-hydrogen) atoms. The number of halogens is 3. The van der Waals surface area contributed by atoms with Gasteiger partial charge in [0.2, 0.25) is 5.91 Å². The lowest BCUT2D eigenvalue weighted by molar-refractivity contribution is -0.186. The predicted molar refractivity (Wildman–Crippen MR) is 87.0 cm³/mol. The summed E-state index contributed by atoms with van der Waals surface area (Å²) in [6.45, 7) is 0.823. The van der Waals surface area contributed by atoms with Crippen molar-refractivity contribution in [2.24, 2.45) is 11.8 Å². The van der Waals surface area contributed by atoms with Crippen LogP contribution in [0.15, 0.2) is 24.5 Å². The van der Waals surface area contributed by atoms with E-state index in [2.05, 4.69) is 4.98 Å². The number of alkyl halides is 3. The van der Waals surface area contributed by atoms with Crippen LogP contribution in [0.3, 0.4) is 0 Å². The molecule has 3 heterocycles. The Bertz CT molecular complexity index is 631. The van der Waals surface area contributed by atoms with Crippen molar-refractivity contribution in [3.63, 3.8) is 0 Å². The Morgan fingerprint density at radius 2 is 1.84 bits per heavy atom. The van der Waals surface area contributed by atoms with Gasteiger partial charge in [-0.1, -0.05) is 0 Å². The van der Waals surface area contributed by atoms with E-state index in [0.29, 0.717) is 18.1 Å². The van der Waals surface area contributed by atoms with Crippen LogP contribution in [0.2, 0.25) is 0 Å². The van der Waals surface area contributed by atoms with Crippen LogP contribution in [0.5, 0.6) is 0 Å². The molecule has 0 radical (unpaired) electrons. The average Bonchev–Trinajstić information content (AvgIpc) is 3.00. The summed E-state index contributed by atoms with van der Waals surface area (Å²) in [6.07, 6.45) is -1.21. The summed E-state index contributed by atoms with van der Waals surface area (Å²) in [5.74, 6) is -2.52. The molecule has 1 aromatic heterocycles. The Labute approximate surface area is 146 Å². The highest BCUT2D eigenvalue weighted by Gasteiger charge is 2.53. The van der Waals surface area contributed by atoms with Crippen molar-refractivity contribution in [3.8, 4) is 0 Å². The summed E-state index contributed by atoms with van der Waals surface area (Å²) in [5, 5.41) is 0. The number of aromatic nitrogens is 1. The predicted octanol–water partition coefficient (Wildman–Crippen LogP) is 1.28. The Balaban J connectivity index is 1.71. The van der Waals surface area contributed by atoms with Crippen LogP contribution in [-0.4, -0.2) is 68.8 Å². The molecule has 1 aromatic rings. The monoisotopic (exact) mass is 375 g/mol. The lowest BCUT2D eigenvalue weighted by Gasteiger charge is -2.31. The number of pyridine rings is 1. The quantitative estimate of drug-likeness (QED) is 0.799. The van der Waals surface area contributed by atoms with E-state index in [1.165, 1.54) is 4.90 Å². The van der Waals surface area contributed by atoms with Gasteiger partial charge in [-0.05, 0) is 17.7 Å². The van der Waals surface area contributed by atoms with Gasteiger partial charge in [-0.25, -0.2) is 0 Å². The third-order valence-electron chi connectivity index (χ3n) is 4.78. The smallest absolute Gasteiger partial charge is 0.341 e. The number of hydrogen-bond donors (Lipinski definition) is 0. The molecule has 3 rings (SSSR count). The highest BCUT2D eigenvalue weighted by atomic mass is 32.2. The number of hydrogen-bond acceptors (Lipinski definition) is 4. The molecule has 0 spiro atoms. The van der Waals surface area contributed by atoms with E-state index in [-0.39, 0.29) is 26.2 Å². The van der Waals surface area contributed by atoms with Gasteiger partial charge in [-0.3, -0.25) is 18.9 Å². The molecule has 0 unspecified atom stereocenters. The van der Waals surface area contributed by atoms with E-state index in [9.17, 15) is 22.2 Å². The molecule has 0 aliphatic carbocycles. The normalized spacial score (nSPS) is 26.1. The van der Waals surface area contributed by atoms with Crippen molar-refractivity contribution in [1.29, 1.82) is 0 Å². The molecule has 0 bridgehead atoms. The second-order valence-electron chi connectivity index (χ2n) is 6.48. The van der Waals surface area contributed by atoms with Crippen molar-refractivity contribution < 1.29 is 22.2 Å². The van der Waals surface area contributed by atoms with Gasteiger partial charge < -0.3 is 4.90 Å². The largest absolute Gasteiger partial charge is 0.393 e. The van der Waals surface area contributed by atoms with Crippen LogP contribution in [0.25, 0.3) is 0 Å². The van der Waals surface area contributed by atoms with Crippen LogP contribution >= 0.6 is 0 Å². The second kappa shape index (κ2) is 7.41. The van der Waals surface area contributed by atoms with Crippen molar-refractivity contribution in [3.05, 3.63) is 30.1 Å². The Kier molecular flexibility index (Phi) is 5.43. The van der Waals surface area contributed by atoms with Gasteiger partial charge in [0.25, 0.3) is 0 Å². The number of rotatable bonds is 3. The molecule has 2 aliphatic heterocycles. The van der Waals surface area contributed by atoms with E-state index in [1.807, 2.05) is 0 Å². The molecule has 2 aliphatic rings. The van der Waals surface area contributed by atoms with Crippen LogP contribution in [0.1, 0.15) is 5.56 Å². The van der Waals surface area contributed by atoms with Crippen LogP contribution in [0, 0.1) is 11.8 Å². The molecule has 2 atom stereocenters. The van der Waals surface area contributed by atoms with Gasteiger partial charge in [-0.15, -0.1) is 0 Å². The summed E-state index contributed by atoms with van der Waals surface area (Å²) < 4.78 is 51.8. The molecule has 5 nitrogen and oxygen atoms in total. The molecule has 1 amide bonds. The first-order valence-corrected chi connectivity index (χ1v) is 9.65. The fourth-order valence-corrected chi connectivity index (χ4v) is 4.49. The highest BCUT2D eigenvalue weighted by Crippen LogP contribution is 2.39. The molecule has 2 saturated heterocycles. The lowest BCUT2D eigenvalue weighted by Crippen LogP contribution is -2.47.